The fourth-order valence-electron chi connectivity index (χ4n) is 3.26. The molecule has 0 N–H and O–H groups in total. The zero-order valence-corrected chi connectivity index (χ0v) is 17.4. The van der Waals surface area contributed by atoms with Gasteiger partial charge in [-0.3, -0.25) is 4.79 Å². The van der Waals surface area contributed by atoms with Crippen molar-refractivity contribution in [2.45, 2.75) is 6.42 Å². The Bertz CT molecular complexity index is 881. The van der Waals surface area contributed by atoms with E-state index in [-0.39, 0.29) is 5.91 Å². The van der Waals surface area contributed by atoms with Crippen molar-refractivity contribution < 1.29 is 19.0 Å². The van der Waals surface area contributed by atoms with Crippen LogP contribution in [0.5, 0.6) is 17.2 Å². The van der Waals surface area contributed by atoms with Gasteiger partial charge in [0.2, 0.25) is 0 Å². The molecular formula is C21H21Cl2NO4. The Balaban J connectivity index is 1.87. The van der Waals surface area contributed by atoms with Crippen LogP contribution in [-0.2, 0) is 0 Å². The molecule has 0 radical (unpaired) electrons. The molecule has 5 nitrogen and oxygen atoms in total. The third kappa shape index (κ3) is 4.21. The van der Waals surface area contributed by atoms with Crippen LogP contribution in [0.1, 0.15) is 22.3 Å². The molecule has 148 valence electrons. The molecule has 3 rings (SSSR count). The standard InChI is InChI=1S/C21H21Cl2NO4/c1-26-17-11-18(27-2)20(19(12-17)28-3)13-4-6-24(7-5-13)21(25)14-8-15(22)10-16(23)9-14/h4,8-12H,5-7H2,1-3H3. The van der Waals surface area contributed by atoms with Gasteiger partial charge in [0.05, 0.1) is 26.9 Å². The molecule has 2 aromatic rings. The molecular weight excluding hydrogens is 401 g/mol. The Morgan fingerprint density at radius 2 is 1.54 bits per heavy atom. The molecule has 28 heavy (non-hydrogen) atoms. The number of benzene rings is 2. The Morgan fingerprint density at radius 3 is 2.00 bits per heavy atom. The average Bonchev–Trinajstić information content (AvgIpc) is 2.71. The van der Waals surface area contributed by atoms with E-state index in [1.165, 1.54) is 0 Å². The van der Waals surface area contributed by atoms with Crippen LogP contribution in [0.4, 0.5) is 0 Å². The van der Waals surface area contributed by atoms with Gasteiger partial charge in [-0.05, 0) is 30.2 Å². The number of hydrogen-bond acceptors (Lipinski definition) is 4. The van der Waals surface area contributed by atoms with Gasteiger partial charge < -0.3 is 19.1 Å². The van der Waals surface area contributed by atoms with Crippen LogP contribution in [0.25, 0.3) is 5.57 Å². The second-order valence-corrected chi connectivity index (χ2v) is 7.17. The SMILES string of the molecule is COc1cc(OC)c(C2=CCN(C(=O)c3cc(Cl)cc(Cl)c3)CC2)c(OC)c1. The van der Waals surface area contributed by atoms with Crippen molar-refractivity contribution in [3.63, 3.8) is 0 Å². The number of nitrogens with zero attached hydrogens (tertiary/aromatic N) is 1. The fourth-order valence-corrected chi connectivity index (χ4v) is 3.79. The summed E-state index contributed by atoms with van der Waals surface area (Å²) in [6.07, 6.45) is 2.68. The maximum Gasteiger partial charge on any atom is 0.254 e. The van der Waals surface area contributed by atoms with Crippen LogP contribution >= 0.6 is 23.2 Å². The molecule has 0 unspecified atom stereocenters. The van der Waals surface area contributed by atoms with E-state index in [0.717, 1.165) is 11.1 Å². The summed E-state index contributed by atoms with van der Waals surface area (Å²) in [7, 11) is 4.82. The van der Waals surface area contributed by atoms with Crippen LogP contribution in [-0.4, -0.2) is 45.2 Å². The average molecular weight is 422 g/mol. The topological polar surface area (TPSA) is 48.0 Å². The molecule has 7 heteroatoms. The lowest BCUT2D eigenvalue weighted by atomic mass is 9.96. The third-order valence-electron chi connectivity index (χ3n) is 4.64. The van der Waals surface area contributed by atoms with Crippen LogP contribution in [0.2, 0.25) is 10.0 Å². The molecule has 0 bridgehead atoms. The van der Waals surface area contributed by atoms with Crippen LogP contribution in [0.15, 0.2) is 36.4 Å². The number of carbonyl (C=O) groups is 1. The molecule has 0 aliphatic carbocycles. The van der Waals surface area contributed by atoms with Gasteiger partial charge in [-0.25, -0.2) is 0 Å². The van der Waals surface area contributed by atoms with Gasteiger partial charge in [-0.2, -0.15) is 0 Å². The minimum atomic E-state index is -0.103. The minimum absolute atomic E-state index is 0.103. The minimum Gasteiger partial charge on any atom is -0.496 e. The number of hydrogen-bond donors (Lipinski definition) is 0. The number of ether oxygens (including phenoxy) is 3. The predicted molar refractivity (Wildman–Crippen MR) is 111 cm³/mol. The summed E-state index contributed by atoms with van der Waals surface area (Å²) in [4.78, 5) is 14.5. The highest BCUT2D eigenvalue weighted by Gasteiger charge is 2.24. The fraction of sp³-hybridized carbons (Fsp3) is 0.286. The van der Waals surface area contributed by atoms with E-state index in [2.05, 4.69) is 0 Å². The smallest absolute Gasteiger partial charge is 0.254 e. The molecule has 0 fully saturated rings. The number of rotatable bonds is 5. The van der Waals surface area contributed by atoms with Crippen molar-refractivity contribution in [3.8, 4) is 17.2 Å². The Labute approximate surface area is 174 Å². The first-order valence-electron chi connectivity index (χ1n) is 8.71. The molecule has 1 heterocycles. The van der Waals surface area contributed by atoms with Gasteiger partial charge >= 0.3 is 0 Å². The largest absolute Gasteiger partial charge is 0.496 e. The van der Waals surface area contributed by atoms with Gasteiger partial charge in [0, 0.05) is 40.8 Å². The molecule has 0 atom stereocenters. The van der Waals surface area contributed by atoms with E-state index in [4.69, 9.17) is 37.4 Å². The Morgan fingerprint density at radius 1 is 0.929 bits per heavy atom. The molecule has 0 saturated heterocycles. The molecule has 2 aromatic carbocycles. The number of amides is 1. The third-order valence-corrected chi connectivity index (χ3v) is 5.08. The van der Waals surface area contributed by atoms with Crippen molar-refractivity contribution >= 4 is 34.7 Å². The monoisotopic (exact) mass is 421 g/mol. The van der Waals surface area contributed by atoms with Crippen LogP contribution in [0, 0.1) is 0 Å². The van der Waals surface area contributed by atoms with Crippen molar-refractivity contribution in [3.05, 3.63) is 57.6 Å². The van der Waals surface area contributed by atoms with Crippen LogP contribution < -0.4 is 14.2 Å². The van der Waals surface area contributed by atoms with E-state index >= 15 is 0 Å². The normalized spacial score (nSPS) is 13.8. The van der Waals surface area contributed by atoms with Gasteiger partial charge in [0.1, 0.15) is 17.2 Å². The Kier molecular flexibility index (Phi) is 6.37. The van der Waals surface area contributed by atoms with Gasteiger partial charge in [-0.15, -0.1) is 0 Å². The highest BCUT2D eigenvalue weighted by atomic mass is 35.5. The van der Waals surface area contributed by atoms with Crippen molar-refractivity contribution in [2.24, 2.45) is 0 Å². The summed E-state index contributed by atoms with van der Waals surface area (Å²) in [5.74, 6) is 1.89. The van der Waals surface area contributed by atoms with E-state index in [1.807, 2.05) is 18.2 Å². The second-order valence-electron chi connectivity index (χ2n) is 6.30. The predicted octanol–water partition coefficient (Wildman–Crippen LogP) is 4.95. The van der Waals surface area contributed by atoms with Gasteiger partial charge in [0.25, 0.3) is 5.91 Å². The van der Waals surface area contributed by atoms with Gasteiger partial charge in [0.15, 0.2) is 0 Å². The first kappa shape index (κ1) is 20.4. The summed E-state index contributed by atoms with van der Waals surface area (Å²) in [6, 6.07) is 8.51. The zero-order chi connectivity index (χ0) is 20.3. The van der Waals surface area contributed by atoms with E-state index in [9.17, 15) is 4.79 Å². The zero-order valence-electron chi connectivity index (χ0n) is 15.9. The number of halogens is 2. The Hall–Kier alpha value is -2.37. The van der Waals surface area contributed by atoms with Crippen molar-refractivity contribution in [1.29, 1.82) is 0 Å². The molecule has 1 aliphatic heterocycles. The second kappa shape index (κ2) is 8.76. The quantitative estimate of drug-likeness (QED) is 0.684. The molecule has 1 aliphatic rings. The molecule has 0 spiro atoms. The lowest BCUT2D eigenvalue weighted by Gasteiger charge is -2.28. The van der Waals surface area contributed by atoms with E-state index in [1.54, 1.807) is 44.4 Å². The maximum atomic E-state index is 12.8. The van der Waals surface area contributed by atoms with E-state index in [0.29, 0.717) is 52.4 Å². The van der Waals surface area contributed by atoms with Crippen molar-refractivity contribution in [2.75, 3.05) is 34.4 Å². The van der Waals surface area contributed by atoms with Crippen LogP contribution in [0.3, 0.4) is 0 Å². The molecule has 0 saturated carbocycles. The first-order chi connectivity index (χ1) is 13.5. The first-order valence-corrected chi connectivity index (χ1v) is 9.47. The van der Waals surface area contributed by atoms with Gasteiger partial charge in [-0.1, -0.05) is 29.3 Å². The summed E-state index contributed by atoms with van der Waals surface area (Å²) in [6.45, 7) is 1.03. The van der Waals surface area contributed by atoms with E-state index < -0.39 is 0 Å². The number of methoxy groups -OCH3 is 3. The lowest BCUT2D eigenvalue weighted by molar-refractivity contribution is 0.0773. The van der Waals surface area contributed by atoms with Crippen molar-refractivity contribution in [1.82, 2.24) is 4.90 Å². The highest BCUT2D eigenvalue weighted by molar-refractivity contribution is 6.35. The molecule has 1 amide bonds. The summed E-state index contributed by atoms with van der Waals surface area (Å²) in [5, 5.41) is 0.883. The number of carbonyl (C=O) groups excluding carboxylic acids is 1. The molecule has 0 aromatic heterocycles. The lowest BCUT2D eigenvalue weighted by Crippen LogP contribution is -2.34. The summed E-state index contributed by atoms with van der Waals surface area (Å²) in [5.41, 5.74) is 2.42. The maximum absolute atomic E-state index is 12.8. The summed E-state index contributed by atoms with van der Waals surface area (Å²) >= 11 is 12.0. The highest BCUT2D eigenvalue weighted by Crippen LogP contribution is 2.41. The summed E-state index contributed by atoms with van der Waals surface area (Å²) < 4.78 is 16.4.